The van der Waals surface area contributed by atoms with Crippen LogP contribution in [0.5, 0.6) is 0 Å². The predicted octanol–water partition coefficient (Wildman–Crippen LogP) is 9.23. The molecule has 0 unspecified atom stereocenters. The minimum Gasteiger partial charge on any atom is -0.475 e. The van der Waals surface area contributed by atoms with E-state index in [0.717, 1.165) is 18.7 Å². The summed E-state index contributed by atoms with van der Waals surface area (Å²) < 4.78 is 6.59. The Morgan fingerprint density at radius 3 is 1.72 bits per heavy atom. The van der Waals surface area contributed by atoms with Gasteiger partial charge in [0.05, 0.1) is 0 Å². The van der Waals surface area contributed by atoms with Crippen LogP contribution in [0.1, 0.15) is 91.1 Å². The lowest BCUT2D eigenvalue weighted by Crippen LogP contribution is -2.34. The largest absolute Gasteiger partial charge is 0.475 e. The number of benzene rings is 5. The molecule has 0 amide bonds. The van der Waals surface area contributed by atoms with Crippen molar-refractivity contribution in [1.82, 2.24) is 0 Å². The molecule has 236 valence electrons. The quantitative estimate of drug-likeness (QED) is 0.177. The van der Waals surface area contributed by atoms with Crippen LogP contribution in [-0.4, -0.2) is 12.5 Å². The molecule has 1 heterocycles. The number of rotatable bonds is 5. The zero-order chi connectivity index (χ0) is 32.6. The van der Waals surface area contributed by atoms with E-state index in [4.69, 9.17) is 9.73 Å². The molecule has 0 saturated carbocycles. The van der Waals surface area contributed by atoms with Gasteiger partial charge in [0.1, 0.15) is 12.6 Å². The number of aliphatic imine (C=N–C) groups is 1. The Labute approximate surface area is 281 Å². The molecule has 3 heteroatoms. The van der Waals surface area contributed by atoms with Crippen LogP contribution in [0, 0.1) is 13.8 Å². The first kappa shape index (κ1) is 30.3. The van der Waals surface area contributed by atoms with Crippen molar-refractivity contribution in [2.75, 3.05) is 6.61 Å². The Hall–Kier alpha value is -4.00. The van der Waals surface area contributed by atoms with E-state index in [-0.39, 0.29) is 22.3 Å². The molecule has 47 heavy (non-hydrogen) atoms. The Morgan fingerprint density at radius 1 is 0.638 bits per heavy atom. The molecule has 2 atom stereocenters. The third kappa shape index (κ3) is 4.91. The Morgan fingerprint density at radius 2 is 1.15 bits per heavy atom. The zero-order valence-electron chi connectivity index (χ0n) is 28.5. The van der Waals surface area contributed by atoms with E-state index < -0.39 is 7.92 Å². The second-order valence-corrected chi connectivity index (χ2v) is 17.5. The van der Waals surface area contributed by atoms with Crippen molar-refractivity contribution in [3.05, 3.63) is 160 Å². The van der Waals surface area contributed by atoms with Gasteiger partial charge in [-0.1, -0.05) is 148 Å². The summed E-state index contributed by atoms with van der Waals surface area (Å²) in [4.78, 5) is 5.31. The van der Waals surface area contributed by atoms with Gasteiger partial charge in [-0.15, -0.1) is 0 Å². The zero-order valence-corrected chi connectivity index (χ0v) is 29.4. The second-order valence-electron chi connectivity index (χ2n) is 15.3. The Balaban J connectivity index is 1.42. The van der Waals surface area contributed by atoms with Gasteiger partial charge in [0.25, 0.3) is 0 Å². The third-order valence-electron chi connectivity index (χ3n) is 10.8. The number of aryl methyl sites for hydroxylation is 2. The lowest BCUT2D eigenvalue weighted by molar-refractivity contribution is 0.318. The first-order chi connectivity index (χ1) is 22.6. The van der Waals surface area contributed by atoms with Gasteiger partial charge in [0.15, 0.2) is 0 Å². The molecule has 3 aliphatic rings. The van der Waals surface area contributed by atoms with Crippen LogP contribution in [0.4, 0.5) is 0 Å². The SMILES string of the molecule is Cc1cc(C2=N[C@@H](c3ccccc3)CO2)c2c(c1)C(C)(C)C[C@]21CC(C)(C)c2cc(C)cc(P(c3ccccc3)c3ccccc3)c21. The number of hydrogen-bond donors (Lipinski definition) is 0. The van der Waals surface area contributed by atoms with Gasteiger partial charge in [-0.3, -0.25) is 0 Å². The van der Waals surface area contributed by atoms with Crippen LogP contribution in [0.15, 0.2) is 120 Å². The predicted molar refractivity (Wildman–Crippen MR) is 199 cm³/mol. The average molecular weight is 634 g/mol. The van der Waals surface area contributed by atoms with E-state index in [2.05, 4.69) is 157 Å². The minimum atomic E-state index is -0.794. The van der Waals surface area contributed by atoms with Crippen molar-refractivity contribution in [3.8, 4) is 0 Å². The number of ether oxygens (including phenoxy) is 1. The van der Waals surface area contributed by atoms with Gasteiger partial charge in [-0.05, 0) is 95.2 Å². The first-order valence-electron chi connectivity index (χ1n) is 17.0. The van der Waals surface area contributed by atoms with E-state index in [1.165, 1.54) is 54.9 Å². The summed E-state index contributed by atoms with van der Waals surface area (Å²) in [6.07, 6.45) is 2.14. The molecule has 1 spiro atoms. The van der Waals surface area contributed by atoms with Crippen molar-refractivity contribution < 1.29 is 4.74 Å². The van der Waals surface area contributed by atoms with Crippen LogP contribution < -0.4 is 15.9 Å². The number of hydrogen-bond acceptors (Lipinski definition) is 2. The fourth-order valence-corrected chi connectivity index (χ4v) is 11.9. The molecule has 0 radical (unpaired) electrons. The van der Waals surface area contributed by atoms with Crippen LogP contribution in [0.2, 0.25) is 0 Å². The molecule has 0 bridgehead atoms. The van der Waals surface area contributed by atoms with Crippen molar-refractivity contribution in [2.24, 2.45) is 4.99 Å². The summed E-state index contributed by atoms with van der Waals surface area (Å²) in [5, 5.41) is 4.30. The highest BCUT2D eigenvalue weighted by Crippen LogP contribution is 2.64. The van der Waals surface area contributed by atoms with Crippen molar-refractivity contribution in [3.63, 3.8) is 0 Å². The van der Waals surface area contributed by atoms with E-state index in [9.17, 15) is 0 Å². The smallest absolute Gasteiger partial charge is 0.217 e. The van der Waals surface area contributed by atoms with Crippen molar-refractivity contribution in [2.45, 2.75) is 76.7 Å². The molecule has 2 nitrogen and oxygen atoms in total. The minimum absolute atomic E-state index is 0.00377. The van der Waals surface area contributed by atoms with E-state index >= 15 is 0 Å². The van der Waals surface area contributed by atoms with Crippen LogP contribution in [0.25, 0.3) is 0 Å². The third-order valence-corrected chi connectivity index (χ3v) is 13.2. The van der Waals surface area contributed by atoms with Crippen LogP contribution in [-0.2, 0) is 21.0 Å². The molecular weight excluding hydrogens is 589 g/mol. The van der Waals surface area contributed by atoms with Crippen LogP contribution >= 0.6 is 7.92 Å². The summed E-state index contributed by atoms with van der Waals surface area (Å²) in [5.74, 6) is 0.809. The van der Waals surface area contributed by atoms with E-state index in [1.54, 1.807) is 5.56 Å². The average Bonchev–Trinajstić information content (AvgIpc) is 3.69. The van der Waals surface area contributed by atoms with Gasteiger partial charge in [0, 0.05) is 11.0 Å². The van der Waals surface area contributed by atoms with E-state index in [0.29, 0.717) is 6.61 Å². The van der Waals surface area contributed by atoms with Crippen molar-refractivity contribution in [1.29, 1.82) is 0 Å². The summed E-state index contributed by atoms with van der Waals surface area (Å²) in [7, 11) is -0.794. The topological polar surface area (TPSA) is 21.6 Å². The highest BCUT2D eigenvalue weighted by molar-refractivity contribution is 7.80. The molecule has 0 N–H and O–H groups in total. The van der Waals surface area contributed by atoms with E-state index in [1.807, 2.05) is 0 Å². The molecular formula is C44H44NOP. The summed E-state index contributed by atoms with van der Waals surface area (Å²) in [6, 6.07) is 43.0. The fourth-order valence-electron chi connectivity index (χ4n) is 9.17. The van der Waals surface area contributed by atoms with Crippen molar-refractivity contribution >= 4 is 29.7 Å². The molecule has 2 aliphatic carbocycles. The second kappa shape index (κ2) is 11.0. The molecule has 5 aromatic carbocycles. The maximum atomic E-state index is 6.59. The van der Waals surface area contributed by atoms with Gasteiger partial charge in [-0.2, -0.15) is 0 Å². The number of fused-ring (bicyclic) bond motifs is 4. The monoisotopic (exact) mass is 633 g/mol. The molecule has 0 aromatic heterocycles. The van der Waals surface area contributed by atoms with Gasteiger partial charge < -0.3 is 4.74 Å². The standard InChI is InChI=1S/C44H44NOP/c1-29-22-34(41-45-37(26-46-41)31-16-10-7-11-17-31)39-35(23-29)42(3,4)27-44(39)28-43(5,6)36-24-30(2)25-38(40(36)44)47(32-18-12-8-13-19-32)33-20-14-9-15-21-33/h7-25,37H,26-28H2,1-6H3/t37-,44+/m1/s1. The summed E-state index contributed by atoms with van der Waals surface area (Å²) in [6.45, 7) is 15.0. The highest BCUT2D eigenvalue weighted by Gasteiger charge is 2.59. The summed E-state index contributed by atoms with van der Waals surface area (Å²) >= 11 is 0. The molecule has 1 aliphatic heterocycles. The summed E-state index contributed by atoms with van der Waals surface area (Å²) in [5.41, 5.74) is 10.9. The maximum Gasteiger partial charge on any atom is 0.217 e. The Bertz CT molecular complexity index is 1970. The highest BCUT2D eigenvalue weighted by atomic mass is 31.1. The van der Waals surface area contributed by atoms with Gasteiger partial charge in [0.2, 0.25) is 5.90 Å². The van der Waals surface area contributed by atoms with Crippen LogP contribution in [0.3, 0.4) is 0 Å². The van der Waals surface area contributed by atoms with Gasteiger partial charge in [-0.25, -0.2) is 4.99 Å². The number of nitrogens with zero attached hydrogens (tertiary/aromatic N) is 1. The van der Waals surface area contributed by atoms with Gasteiger partial charge >= 0.3 is 0 Å². The molecule has 0 saturated heterocycles. The molecule has 5 aromatic rings. The first-order valence-corrected chi connectivity index (χ1v) is 18.4. The molecule has 8 rings (SSSR count). The lowest BCUT2D eigenvalue weighted by atomic mass is 9.71. The fraction of sp³-hybridized carbons (Fsp3) is 0.295. The normalized spacial score (nSPS) is 21.9. The maximum absolute atomic E-state index is 6.59. The molecule has 0 fully saturated rings. The lowest BCUT2D eigenvalue weighted by Gasteiger charge is -2.34. The Kier molecular flexibility index (Phi) is 7.12.